The van der Waals surface area contributed by atoms with Gasteiger partial charge in [-0.3, -0.25) is 4.90 Å². The number of hydrogen-bond acceptors (Lipinski definition) is 7. The monoisotopic (exact) mass is 828 g/mol. The molecule has 1 aliphatic heterocycles. The van der Waals surface area contributed by atoms with Crippen molar-refractivity contribution in [3.63, 3.8) is 0 Å². The van der Waals surface area contributed by atoms with Gasteiger partial charge in [0.05, 0.1) is 50.1 Å². The van der Waals surface area contributed by atoms with Gasteiger partial charge in [0, 0.05) is 17.6 Å². The number of alkyl carbamates (subject to hydrolysis) is 1. The first kappa shape index (κ1) is 44.7. The first-order valence-electron chi connectivity index (χ1n) is 17.2. The Bertz CT molecular complexity index is 1940. The highest BCUT2D eigenvalue weighted by Crippen LogP contribution is 2.41. The molecule has 3 aliphatic carbocycles. The summed E-state index contributed by atoms with van der Waals surface area (Å²) in [7, 11) is 0. The molecule has 1 saturated heterocycles. The maximum Gasteiger partial charge on any atom is 0.410 e. The Morgan fingerprint density at radius 1 is 0.800 bits per heavy atom. The van der Waals surface area contributed by atoms with E-state index >= 15 is 0 Å². The fourth-order valence-electron chi connectivity index (χ4n) is 6.83. The lowest BCUT2D eigenvalue weighted by atomic mass is 10.1. The van der Waals surface area contributed by atoms with Gasteiger partial charge in [-0.2, -0.15) is 0 Å². The molecule has 3 N–H and O–H groups in total. The summed E-state index contributed by atoms with van der Waals surface area (Å²) in [6.07, 6.45) is 4.67. The van der Waals surface area contributed by atoms with Crippen LogP contribution in [-0.2, 0) is 33.5 Å². The summed E-state index contributed by atoms with van der Waals surface area (Å²) < 4.78 is 14.0. The van der Waals surface area contributed by atoms with Gasteiger partial charge in [0.15, 0.2) is 17.1 Å². The number of rotatable bonds is 6. The van der Waals surface area contributed by atoms with Gasteiger partial charge >= 0.3 is 17.6 Å². The number of hydrogen-bond donors (Lipinski definition) is 2. The first-order valence-corrected chi connectivity index (χ1v) is 18.7. The van der Waals surface area contributed by atoms with E-state index in [0.29, 0.717) is 24.7 Å². The number of carbonyl (C=O) groups is 3. The van der Waals surface area contributed by atoms with E-state index in [-0.39, 0.29) is 55.7 Å². The Morgan fingerprint density at radius 2 is 1.31 bits per heavy atom. The maximum atomic E-state index is 11.6. The summed E-state index contributed by atoms with van der Waals surface area (Å²) in [6, 6.07) is 17.4. The van der Waals surface area contributed by atoms with E-state index in [1.54, 1.807) is 11.0 Å². The Kier molecular flexibility index (Phi) is 18.3. The molecule has 55 heavy (non-hydrogen) atoms. The minimum Gasteiger partial charge on any atom is -0.452 e. The third kappa shape index (κ3) is 11.9. The molecule has 16 heteroatoms. The molecule has 0 spiro atoms. The van der Waals surface area contributed by atoms with Crippen molar-refractivity contribution in [2.75, 3.05) is 38.1 Å². The third-order valence-electron chi connectivity index (χ3n) is 9.18. The van der Waals surface area contributed by atoms with Crippen molar-refractivity contribution in [1.82, 2.24) is 10.2 Å². The fraction of sp³-hybridized carbons (Fsp3) is 0.385. The van der Waals surface area contributed by atoms with E-state index < -0.39 is 11.5 Å². The zero-order valence-electron chi connectivity index (χ0n) is 29.8. The number of ether oxygens (including phenoxy) is 3. The van der Waals surface area contributed by atoms with E-state index in [2.05, 4.69) is 24.6 Å². The van der Waals surface area contributed by atoms with Gasteiger partial charge in [0.1, 0.15) is 19.8 Å². The summed E-state index contributed by atoms with van der Waals surface area (Å²) in [4.78, 5) is 45.0. The van der Waals surface area contributed by atoms with Crippen molar-refractivity contribution in [3.05, 3.63) is 122 Å². The van der Waals surface area contributed by atoms with Crippen molar-refractivity contribution in [3.8, 4) is 0 Å². The van der Waals surface area contributed by atoms with Crippen LogP contribution in [0.25, 0.3) is 14.5 Å². The van der Waals surface area contributed by atoms with Crippen molar-refractivity contribution in [1.29, 1.82) is 0 Å². The van der Waals surface area contributed by atoms with Gasteiger partial charge in [-0.15, -0.1) is 35.6 Å². The van der Waals surface area contributed by atoms with Gasteiger partial charge in [0.2, 0.25) is 0 Å². The normalized spacial score (nSPS) is 17.8. The maximum absolute atomic E-state index is 11.6. The van der Waals surface area contributed by atoms with Crippen LogP contribution < -0.4 is 11.1 Å². The molecule has 2 amide bonds. The number of amides is 2. The Labute approximate surface area is 342 Å². The number of nitrogens with one attached hydrogen (secondary N) is 1. The number of fused-ring (bicyclic) bond motifs is 3. The standard InChI is InChI=1S/C13H13ClN2O2.C13H12N2O2.C10H10N2.C3H4Cl2O2.ClH/c1-15-11-4-2-3-9-10(11)5-6-12(9)16-13(17)18-8-7-14;1-14-11-4-2-3-10-9(11)5-6-12(10)15-7-8-17-13(15)16;1-12-10-4-2-3-7-8(10)5-6-9(7)11;4-1-2-7-3(5)6;/h2-4,12H,5-8H2,(H,16,17);2-4,12H,5-8H2;2-4,9H,5-6,11H2;1-2H2;1H/t2*12-;9-;;/m000../s1. The van der Waals surface area contributed by atoms with Crippen LogP contribution in [0.15, 0.2) is 54.6 Å². The summed E-state index contributed by atoms with van der Waals surface area (Å²) in [5.41, 5.74) is 13.9. The van der Waals surface area contributed by atoms with E-state index in [9.17, 15) is 14.4 Å². The fourth-order valence-corrected chi connectivity index (χ4v) is 7.06. The molecule has 0 saturated carbocycles. The second-order valence-electron chi connectivity index (χ2n) is 12.2. The molecule has 7 rings (SSSR count). The van der Waals surface area contributed by atoms with Crippen LogP contribution >= 0.6 is 47.2 Å². The average Bonchev–Trinajstić information content (AvgIpc) is 4.00. The number of halogens is 4. The summed E-state index contributed by atoms with van der Waals surface area (Å²) in [5.74, 6) is 0.578. The Hall–Kier alpha value is -4.74. The minimum absolute atomic E-state index is 0. The molecule has 3 aromatic rings. The molecular weight excluding hydrogens is 790 g/mol. The highest BCUT2D eigenvalue weighted by molar-refractivity contribution is 6.61. The van der Waals surface area contributed by atoms with Crippen LogP contribution in [-0.4, -0.2) is 60.6 Å². The molecule has 0 aromatic heterocycles. The second kappa shape index (κ2) is 22.6. The van der Waals surface area contributed by atoms with Crippen molar-refractivity contribution in [2.24, 2.45) is 5.73 Å². The van der Waals surface area contributed by atoms with E-state index in [1.807, 2.05) is 48.5 Å². The zero-order chi connectivity index (χ0) is 39.0. The van der Waals surface area contributed by atoms with Gasteiger partial charge in [-0.1, -0.05) is 54.6 Å². The molecule has 1 heterocycles. The van der Waals surface area contributed by atoms with E-state index in [0.717, 1.165) is 72.2 Å². The summed E-state index contributed by atoms with van der Waals surface area (Å²) in [6.45, 7) is 22.7. The van der Waals surface area contributed by atoms with Crippen molar-refractivity contribution < 1.29 is 28.6 Å². The number of alkyl halides is 2. The minimum atomic E-state index is -0.805. The lowest BCUT2D eigenvalue weighted by Crippen LogP contribution is -2.28. The van der Waals surface area contributed by atoms with E-state index in [1.165, 1.54) is 11.1 Å². The lowest BCUT2D eigenvalue weighted by molar-refractivity contribution is 0.147. The lowest BCUT2D eigenvalue weighted by Gasteiger charge is -2.22. The predicted octanol–water partition coefficient (Wildman–Crippen LogP) is 10.1. The molecule has 1 fully saturated rings. The molecule has 0 unspecified atom stereocenters. The van der Waals surface area contributed by atoms with Gasteiger partial charge in [0.25, 0.3) is 0 Å². The smallest absolute Gasteiger partial charge is 0.410 e. The van der Waals surface area contributed by atoms with Gasteiger partial charge < -0.3 is 25.3 Å². The average molecular weight is 831 g/mol. The highest BCUT2D eigenvalue weighted by Gasteiger charge is 2.35. The quantitative estimate of drug-likeness (QED) is 0.109. The predicted molar refractivity (Wildman–Crippen MR) is 214 cm³/mol. The van der Waals surface area contributed by atoms with Crippen molar-refractivity contribution in [2.45, 2.75) is 56.7 Å². The van der Waals surface area contributed by atoms with Gasteiger partial charge in [-0.05, 0) is 71.9 Å². The largest absolute Gasteiger partial charge is 0.452 e. The first-order chi connectivity index (χ1) is 26.2. The zero-order valence-corrected chi connectivity index (χ0v) is 32.9. The molecule has 4 aliphatic rings. The molecule has 3 aromatic carbocycles. The van der Waals surface area contributed by atoms with Crippen LogP contribution in [0.5, 0.6) is 0 Å². The van der Waals surface area contributed by atoms with Gasteiger partial charge in [-0.25, -0.2) is 28.9 Å². The summed E-state index contributed by atoms with van der Waals surface area (Å²) >= 11 is 15.3. The molecule has 0 bridgehead atoms. The van der Waals surface area contributed by atoms with Crippen molar-refractivity contribution >= 4 is 81.9 Å². The number of nitrogens with two attached hydrogens (primary N) is 1. The number of nitrogens with zero attached hydrogens (tertiary/aromatic N) is 4. The van der Waals surface area contributed by atoms with E-state index in [4.69, 9.17) is 69.7 Å². The third-order valence-corrected chi connectivity index (χ3v) is 9.60. The Balaban J connectivity index is 0.000000205. The van der Waals surface area contributed by atoms with Crippen LogP contribution in [0, 0.1) is 19.7 Å². The molecule has 12 nitrogen and oxygen atoms in total. The molecule has 290 valence electrons. The van der Waals surface area contributed by atoms with Crippen LogP contribution in [0.1, 0.15) is 70.8 Å². The van der Waals surface area contributed by atoms with Crippen LogP contribution in [0.2, 0.25) is 0 Å². The number of carbonyl (C=O) groups excluding carboxylic acids is 3. The highest BCUT2D eigenvalue weighted by atomic mass is 35.5. The SMILES string of the molecule is Cl.O=C(Cl)OCCCl.[C-]#[N+]c1cccc2c1CC[C@@H]2N.[C-]#[N+]c1cccc2c1CC[C@@H]2N1CCOC1=O.[C-]#[N+]c1cccc2c1CC[C@@H]2NC(=O)OCCCl. The Morgan fingerprint density at radius 3 is 1.84 bits per heavy atom. The topological polar surface area (TPSA) is 133 Å². The van der Waals surface area contributed by atoms with Crippen LogP contribution in [0.3, 0.4) is 0 Å². The number of cyclic esters (lactones) is 1. The number of benzene rings is 3. The second-order valence-corrected chi connectivity index (χ2v) is 13.3. The van der Waals surface area contributed by atoms with Crippen LogP contribution in [0.4, 0.5) is 31.4 Å². The molecule has 3 atom stereocenters. The summed E-state index contributed by atoms with van der Waals surface area (Å²) in [5, 5.41) is 2.80. The molecular formula is C39H40Cl4N6O6. The molecule has 0 radical (unpaired) electrons.